The molecule has 2 amide bonds. The Morgan fingerprint density at radius 2 is 1.29 bits per heavy atom. The van der Waals surface area contributed by atoms with E-state index in [0.717, 1.165) is 5.56 Å². The molecule has 0 saturated carbocycles. The zero-order valence-electron chi connectivity index (χ0n) is 19.4. The number of ketones is 1. The molecule has 0 aromatic heterocycles. The summed E-state index contributed by atoms with van der Waals surface area (Å²) in [6.07, 6.45) is 0. The van der Waals surface area contributed by atoms with Gasteiger partial charge in [0.25, 0.3) is 11.8 Å². The topological polar surface area (TPSA) is 84.5 Å². The van der Waals surface area contributed by atoms with E-state index in [1.807, 2.05) is 19.1 Å². The van der Waals surface area contributed by atoms with Gasteiger partial charge in [0.1, 0.15) is 5.75 Å². The first-order valence-electron chi connectivity index (χ1n) is 11.0. The number of anilines is 2. The molecule has 6 heteroatoms. The molecule has 35 heavy (non-hydrogen) atoms. The van der Waals surface area contributed by atoms with Crippen molar-refractivity contribution in [3.05, 3.63) is 125 Å². The van der Waals surface area contributed by atoms with Crippen LogP contribution in [0.5, 0.6) is 5.75 Å². The first kappa shape index (κ1) is 23.4. The van der Waals surface area contributed by atoms with E-state index in [0.29, 0.717) is 33.8 Å². The average Bonchev–Trinajstić information content (AvgIpc) is 2.90. The number of hydrogen-bond donors (Lipinski definition) is 2. The van der Waals surface area contributed by atoms with Gasteiger partial charge >= 0.3 is 0 Å². The normalized spacial score (nSPS) is 10.3. The van der Waals surface area contributed by atoms with Crippen LogP contribution in [0.2, 0.25) is 0 Å². The van der Waals surface area contributed by atoms with Crippen LogP contribution in [-0.2, 0) is 0 Å². The second kappa shape index (κ2) is 10.5. The van der Waals surface area contributed by atoms with E-state index >= 15 is 0 Å². The van der Waals surface area contributed by atoms with Gasteiger partial charge in [-0.15, -0.1) is 0 Å². The molecule has 0 spiro atoms. The zero-order valence-corrected chi connectivity index (χ0v) is 19.4. The van der Waals surface area contributed by atoms with Crippen LogP contribution in [0.15, 0.2) is 97.1 Å². The molecule has 0 aliphatic heterocycles. The van der Waals surface area contributed by atoms with E-state index in [1.54, 1.807) is 84.9 Å². The molecule has 0 atom stereocenters. The average molecular weight is 465 g/mol. The Morgan fingerprint density at radius 1 is 0.629 bits per heavy atom. The van der Waals surface area contributed by atoms with Crippen LogP contribution in [0.4, 0.5) is 11.4 Å². The summed E-state index contributed by atoms with van der Waals surface area (Å²) in [5, 5.41) is 5.64. The highest BCUT2D eigenvalue weighted by atomic mass is 16.5. The number of carbonyl (C=O) groups is 3. The van der Waals surface area contributed by atoms with Gasteiger partial charge in [0, 0.05) is 16.7 Å². The number of ether oxygens (including phenoxy) is 1. The summed E-state index contributed by atoms with van der Waals surface area (Å²) in [5.74, 6) is -0.459. The minimum absolute atomic E-state index is 0.191. The summed E-state index contributed by atoms with van der Waals surface area (Å²) < 4.78 is 5.18. The Bertz CT molecular complexity index is 1400. The fraction of sp³-hybridized carbons (Fsp3) is 0.0690. The van der Waals surface area contributed by atoms with Crippen LogP contribution in [0.3, 0.4) is 0 Å². The van der Waals surface area contributed by atoms with Crippen molar-refractivity contribution in [2.75, 3.05) is 17.7 Å². The molecule has 0 fully saturated rings. The van der Waals surface area contributed by atoms with Crippen molar-refractivity contribution < 1.29 is 19.1 Å². The molecule has 0 saturated heterocycles. The van der Waals surface area contributed by atoms with Crippen molar-refractivity contribution in [1.82, 2.24) is 0 Å². The van der Waals surface area contributed by atoms with E-state index < -0.39 is 5.91 Å². The summed E-state index contributed by atoms with van der Waals surface area (Å²) in [7, 11) is 1.53. The van der Waals surface area contributed by atoms with Crippen molar-refractivity contribution in [3.8, 4) is 5.75 Å². The lowest BCUT2D eigenvalue weighted by atomic mass is 9.99. The highest BCUT2D eigenvalue weighted by Gasteiger charge is 2.19. The van der Waals surface area contributed by atoms with Gasteiger partial charge in [-0.25, -0.2) is 0 Å². The van der Waals surface area contributed by atoms with Crippen LogP contribution < -0.4 is 15.4 Å². The number of methoxy groups -OCH3 is 1. The Labute approximate surface area is 203 Å². The molecule has 0 radical (unpaired) electrons. The maximum atomic E-state index is 13.3. The van der Waals surface area contributed by atoms with E-state index in [2.05, 4.69) is 10.6 Å². The molecule has 0 aliphatic carbocycles. The van der Waals surface area contributed by atoms with Gasteiger partial charge in [0.15, 0.2) is 5.78 Å². The lowest BCUT2D eigenvalue weighted by molar-refractivity contribution is 0.102. The highest BCUT2D eigenvalue weighted by molar-refractivity contribution is 6.17. The summed E-state index contributed by atoms with van der Waals surface area (Å²) in [5.41, 5.74) is 3.22. The van der Waals surface area contributed by atoms with E-state index in [-0.39, 0.29) is 17.3 Å². The van der Waals surface area contributed by atoms with Gasteiger partial charge in [-0.3, -0.25) is 14.4 Å². The predicted molar refractivity (Wildman–Crippen MR) is 136 cm³/mol. The molecule has 4 aromatic carbocycles. The Hall–Kier alpha value is -4.71. The Balaban J connectivity index is 1.60. The summed E-state index contributed by atoms with van der Waals surface area (Å²) >= 11 is 0. The third kappa shape index (κ3) is 5.45. The van der Waals surface area contributed by atoms with E-state index in [1.165, 1.54) is 7.11 Å². The Kier molecular flexibility index (Phi) is 7.02. The fourth-order valence-electron chi connectivity index (χ4n) is 3.64. The number of benzene rings is 4. The van der Waals surface area contributed by atoms with Crippen molar-refractivity contribution in [2.24, 2.45) is 0 Å². The van der Waals surface area contributed by atoms with Crippen LogP contribution in [0.1, 0.15) is 42.2 Å². The third-order valence-corrected chi connectivity index (χ3v) is 5.46. The largest absolute Gasteiger partial charge is 0.497 e. The first-order chi connectivity index (χ1) is 17.0. The monoisotopic (exact) mass is 464 g/mol. The smallest absolute Gasteiger partial charge is 0.257 e. The van der Waals surface area contributed by atoms with Crippen molar-refractivity contribution in [1.29, 1.82) is 0 Å². The predicted octanol–water partition coefficient (Wildman–Crippen LogP) is 5.74. The number of para-hydroxylation sites is 1. The van der Waals surface area contributed by atoms with Crippen LogP contribution in [0, 0.1) is 6.92 Å². The Morgan fingerprint density at radius 3 is 2.06 bits per heavy atom. The van der Waals surface area contributed by atoms with Crippen molar-refractivity contribution >= 4 is 29.0 Å². The molecule has 6 nitrogen and oxygen atoms in total. The summed E-state index contributed by atoms with van der Waals surface area (Å²) in [6, 6.07) is 27.6. The van der Waals surface area contributed by atoms with Gasteiger partial charge in [-0.05, 0) is 49.4 Å². The van der Waals surface area contributed by atoms with Crippen LogP contribution in [-0.4, -0.2) is 24.7 Å². The number of aryl methyl sites for hydroxylation is 1. The number of hydrogen-bond acceptors (Lipinski definition) is 4. The lowest BCUT2D eigenvalue weighted by Crippen LogP contribution is -2.19. The molecular formula is C29H24N2O4. The quantitative estimate of drug-likeness (QED) is 0.342. The van der Waals surface area contributed by atoms with Crippen LogP contribution in [0.25, 0.3) is 0 Å². The van der Waals surface area contributed by atoms with Crippen LogP contribution >= 0.6 is 0 Å². The SMILES string of the molecule is COc1cccc(C(=O)Nc2ccccc2C(=O)Nc2ccc(C)cc2C(=O)c2ccccc2)c1. The molecule has 0 heterocycles. The molecule has 0 bridgehead atoms. The minimum Gasteiger partial charge on any atom is -0.497 e. The zero-order chi connectivity index (χ0) is 24.8. The number of carbonyl (C=O) groups excluding carboxylic acids is 3. The lowest BCUT2D eigenvalue weighted by Gasteiger charge is -2.14. The first-order valence-corrected chi connectivity index (χ1v) is 11.0. The van der Waals surface area contributed by atoms with Gasteiger partial charge in [0.2, 0.25) is 0 Å². The number of amides is 2. The number of rotatable bonds is 7. The van der Waals surface area contributed by atoms with E-state index in [9.17, 15) is 14.4 Å². The fourth-order valence-corrected chi connectivity index (χ4v) is 3.64. The van der Waals surface area contributed by atoms with E-state index in [4.69, 9.17) is 4.74 Å². The summed E-state index contributed by atoms with van der Waals surface area (Å²) in [4.78, 5) is 39.2. The van der Waals surface area contributed by atoms with Gasteiger partial charge in [-0.1, -0.05) is 60.2 Å². The van der Waals surface area contributed by atoms with Crippen molar-refractivity contribution in [3.63, 3.8) is 0 Å². The third-order valence-electron chi connectivity index (χ3n) is 5.46. The molecule has 4 rings (SSSR count). The maximum Gasteiger partial charge on any atom is 0.257 e. The standard InChI is InChI=1S/C29H24N2O4/c1-19-15-16-26(24(17-19)27(32)20-9-4-3-5-10-20)31-29(34)23-13-6-7-14-25(23)30-28(33)21-11-8-12-22(18-21)35-2/h3-18H,1-2H3,(H,30,33)(H,31,34). The molecule has 2 N–H and O–H groups in total. The molecule has 0 aliphatic rings. The molecule has 4 aromatic rings. The van der Waals surface area contributed by atoms with Gasteiger partial charge < -0.3 is 15.4 Å². The van der Waals surface area contributed by atoms with Gasteiger partial charge in [-0.2, -0.15) is 0 Å². The number of nitrogens with one attached hydrogen (secondary N) is 2. The molecular weight excluding hydrogens is 440 g/mol. The second-order valence-electron chi connectivity index (χ2n) is 7.93. The molecule has 0 unspecified atom stereocenters. The van der Waals surface area contributed by atoms with Crippen molar-refractivity contribution in [2.45, 2.75) is 6.92 Å². The second-order valence-corrected chi connectivity index (χ2v) is 7.93. The maximum absolute atomic E-state index is 13.3. The summed E-state index contributed by atoms with van der Waals surface area (Å²) in [6.45, 7) is 1.89. The molecule has 174 valence electrons. The highest BCUT2D eigenvalue weighted by Crippen LogP contribution is 2.24. The van der Waals surface area contributed by atoms with Gasteiger partial charge in [0.05, 0.1) is 24.0 Å². The minimum atomic E-state index is -0.447.